The number of aromatic nitrogens is 5. The topological polar surface area (TPSA) is 48.5 Å². The summed E-state index contributed by atoms with van der Waals surface area (Å²) < 4.78 is 6.83. The van der Waals surface area contributed by atoms with E-state index in [4.69, 9.17) is 15.0 Å². The third-order valence-electron chi connectivity index (χ3n) is 8.81. The summed E-state index contributed by atoms with van der Waals surface area (Å²) in [5.74, 6) is 1.81. The molecule has 0 amide bonds. The number of fused-ring (bicyclic) bond motifs is 9. The highest BCUT2D eigenvalue weighted by Gasteiger charge is 2.20. The zero-order valence-electron chi connectivity index (χ0n) is 23.9. The van der Waals surface area contributed by atoms with Crippen molar-refractivity contribution in [3.05, 3.63) is 140 Å². The van der Waals surface area contributed by atoms with Crippen molar-refractivity contribution in [2.24, 2.45) is 0 Å². The Balaban J connectivity index is 1.31. The SMILES string of the molecule is c1ccc2c(c1)sc1cc(-c3nc(-n4c5ccccc5c5ccccc54)nc(-n4c5ccccc5c5ccccc54)n3)ccc12. The van der Waals surface area contributed by atoms with Gasteiger partial charge in [0.1, 0.15) is 0 Å². The molecule has 0 aliphatic carbocycles. The smallest absolute Gasteiger partial charge is 0.240 e. The Morgan fingerprint density at radius 1 is 0.378 bits per heavy atom. The number of nitrogens with zero attached hydrogens (tertiary/aromatic N) is 5. The lowest BCUT2D eigenvalue weighted by atomic mass is 10.1. The highest BCUT2D eigenvalue weighted by atomic mass is 32.1. The molecule has 4 heterocycles. The van der Waals surface area contributed by atoms with E-state index in [9.17, 15) is 0 Å². The zero-order chi connectivity index (χ0) is 29.5. The minimum absolute atomic E-state index is 0.589. The molecule has 0 aliphatic rings. The molecule has 0 unspecified atom stereocenters. The average molecular weight is 594 g/mol. The molecule has 6 heteroatoms. The van der Waals surface area contributed by atoms with Crippen molar-refractivity contribution in [1.82, 2.24) is 24.1 Å². The Morgan fingerprint density at radius 2 is 0.800 bits per heavy atom. The molecule has 0 atom stereocenters. The van der Waals surface area contributed by atoms with E-state index < -0.39 is 0 Å². The summed E-state index contributed by atoms with van der Waals surface area (Å²) in [5.41, 5.74) is 5.20. The van der Waals surface area contributed by atoms with Gasteiger partial charge in [0, 0.05) is 47.3 Å². The maximum atomic E-state index is 5.25. The molecule has 0 fully saturated rings. The number of thiophene rings is 1. The van der Waals surface area contributed by atoms with E-state index in [1.165, 1.54) is 41.7 Å². The molecule has 0 saturated carbocycles. The summed E-state index contributed by atoms with van der Waals surface area (Å²) in [6.07, 6.45) is 0. The molecule has 10 aromatic rings. The van der Waals surface area contributed by atoms with Crippen LogP contribution in [0.3, 0.4) is 0 Å². The van der Waals surface area contributed by atoms with E-state index >= 15 is 0 Å². The number of hydrogen-bond acceptors (Lipinski definition) is 4. The van der Waals surface area contributed by atoms with Gasteiger partial charge in [-0.25, -0.2) is 0 Å². The van der Waals surface area contributed by atoms with E-state index in [-0.39, 0.29) is 0 Å². The lowest BCUT2D eigenvalue weighted by molar-refractivity contribution is 0.893. The average Bonchev–Trinajstić information content (AvgIpc) is 3.75. The van der Waals surface area contributed by atoms with Crippen LogP contribution in [-0.2, 0) is 0 Å². The second-order valence-electron chi connectivity index (χ2n) is 11.3. The largest absolute Gasteiger partial charge is 0.278 e. The minimum Gasteiger partial charge on any atom is -0.278 e. The fourth-order valence-corrected chi connectivity index (χ4v) is 7.97. The summed E-state index contributed by atoms with van der Waals surface area (Å²) in [6, 6.07) is 49.0. The van der Waals surface area contributed by atoms with Crippen LogP contribution in [0.2, 0.25) is 0 Å². The molecule has 0 spiro atoms. The monoisotopic (exact) mass is 593 g/mol. The van der Waals surface area contributed by atoms with Crippen molar-refractivity contribution < 1.29 is 0 Å². The number of hydrogen-bond donors (Lipinski definition) is 0. The number of para-hydroxylation sites is 4. The van der Waals surface area contributed by atoms with E-state index in [1.807, 2.05) is 0 Å². The van der Waals surface area contributed by atoms with E-state index in [1.54, 1.807) is 11.3 Å². The fraction of sp³-hybridized carbons (Fsp3) is 0. The zero-order valence-corrected chi connectivity index (χ0v) is 24.7. The Hall–Kier alpha value is -5.85. The first-order valence-corrected chi connectivity index (χ1v) is 15.8. The molecule has 5 nitrogen and oxygen atoms in total. The molecule has 4 aromatic heterocycles. The molecule has 0 saturated heterocycles. The molecular formula is C39H23N5S. The van der Waals surface area contributed by atoms with E-state index in [2.05, 4.69) is 149 Å². The van der Waals surface area contributed by atoms with Crippen LogP contribution in [-0.4, -0.2) is 24.1 Å². The van der Waals surface area contributed by atoms with Gasteiger partial charge in [-0.05, 0) is 36.4 Å². The first-order chi connectivity index (χ1) is 22.3. The Kier molecular flexibility index (Phi) is 5.09. The molecule has 0 aliphatic heterocycles. The summed E-state index contributed by atoms with van der Waals surface area (Å²) in [7, 11) is 0. The standard InChI is InChI=1S/C39H23N5S/c1-6-16-31-25(11-1)26-12-2-7-17-32(26)43(31)38-40-37(24-21-22-30-29-15-5-10-20-35(29)45-36(30)23-24)41-39(42-38)44-33-18-8-3-13-27(33)28-14-4-9-19-34(28)44/h1-23H. The van der Waals surface area contributed by atoms with Crippen LogP contribution in [0.1, 0.15) is 0 Å². The highest BCUT2D eigenvalue weighted by Crippen LogP contribution is 2.37. The Morgan fingerprint density at radius 3 is 1.31 bits per heavy atom. The molecule has 6 aromatic carbocycles. The number of rotatable bonds is 3. The molecule has 0 N–H and O–H groups in total. The summed E-state index contributed by atoms with van der Waals surface area (Å²) in [6.45, 7) is 0. The van der Waals surface area contributed by atoms with Gasteiger partial charge in [-0.2, -0.15) is 15.0 Å². The molecule has 210 valence electrons. The Bertz CT molecular complexity index is 2550. The first kappa shape index (κ1) is 24.6. The van der Waals surface area contributed by atoms with Gasteiger partial charge in [-0.1, -0.05) is 103 Å². The third kappa shape index (κ3) is 3.57. The van der Waals surface area contributed by atoms with Crippen LogP contribution >= 0.6 is 11.3 Å². The molecule has 45 heavy (non-hydrogen) atoms. The Labute approximate surface area is 261 Å². The molecular weight excluding hydrogens is 571 g/mol. The van der Waals surface area contributed by atoms with Gasteiger partial charge in [-0.3, -0.25) is 9.13 Å². The van der Waals surface area contributed by atoms with Crippen molar-refractivity contribution in [2.75, 3.05) is 0 Å². The van der Waals surface area contributed by atoms with Crippen molar-refractivity contribution in [3.8, 4) is 23.3 Å². The van der Waals surface area contributed by atoms with Crippen LogP contribution in [0.5, 0.6) is 0 Å². The van der Waals surface area contributed by atoms with Gasteiger partial charge < -0.3 is 0 Å². The second-order valence-corrected chi connectivity index (χ2v) is 12.4. The maximum Gasteiger partial charge on any atom is 0.240 e. The van der Waals surface area contributed by atoms with E-state index in [0.717, 1.165) is 27.6 Å². The van der Waals surface area contributed by atoms with Gasteiger partial charge in [0.2, 0.25) is 11.9 Å². The lowest BCUT2D eigenvalue weighted by Gasteiger charge is -2.12. The van der Waals surface area contributed by atoms with Gasteiger partial charge in [0.15, 0.2) is 5.82 Å². The summed E-state index contributed by atoms with van der Waals surface area (Å²) >= 11 is 1.80. The van der Waals surface area contributed by atoms with Crippen molar-refractivity contribution in [2.45, 2.75) is 0 Å². The van der Waals surface area contributed by atoms with Crippen LogP contribution in [0, 0.1) is 0 Å². The minimum atomic E-state index is 0.589. The third-order valence-corrected chi connectivity index (χ3v) is 9.94. The summed E-state index contributed by atoms with van der Waals surface area (Å²) in [5, 5.41) is 7.19. The van der Waals surface area contributed by atoms with Crippen LogP contribution in [0.25, 0.3) is 87.1 Å². The maximum absolute atomic E-state index is 5.25. The quantitative estimate of drug-likeness (QED) is 0.205. The van der Waals surface area contributed by atoms with Crippen molar-refractivity contribution in [1.29, 1.82) is 0 Å². The molecule has 10 rings (SSSR count). The molecule has 0 bridgehead atoms. The van der Waals surface area contributed by atoms with Crippen LogP contribution in [0.15, 0.2) is 140 Å². The van der Waals surface area contributed by atoms with Crippen molar-refractivity contribution >= 4 is 75.1 Å². The van der Waals surface area contributed by atoms with Gasteiger partial charge in [-0.15, -0.1) is 11.3 Å². The lowest BCUT2D eigenvalue weighted by Crippen LogP contribution is -2.10. The molecule has 0 radical (unpaired) electrons. The van der Waals surface area contributed by atoms with Crippen molar-refractivity contribution in [3.63, 3.8) is 0 Å². The summed E-state index contributed by atoms with van der Waals surface area (Å²) in [4.78, 5) is 15.7. The highest BCUT2D eigenvalue weighted by molar-refractivity contribution is 7.25. The van der Waals surface area contributed by atoms with E-state index in [0.29, 0.717) is 17.7 Å². The van der Waals surface area contributed by atoms with Gasteiger partial charge >= 0.3 is 0 Å². The van der Waals surface area contributed by atoms with Gasteiger partial charge in [0.05, 0.1) is 22.1 Å². The van der Waals surface area contributed by atoms with Gasteiger partial charge in [0.25, 0.3) is 0 Å². The predicted molar refractivity (Wildman–Crippen MR) is 187 cm³/mol. The number of benzene rings is 6. The van der Waals surface area contributed by atoms with Crippen LogP contribution < -0.4 is 0 Å². The van der Waals surface area contributed by atoms with Crippen LogP contribution in [0.4, 0.5) is 0 Å². The predicted octanol–water partition coefficient (Wildman–Crippen LogP) is 10.1. The first-order valence-electron chi connectivity index (χ1n) is 15.0. The fourth-order valence-electron chi connectivity index (χ4n) is 6.82. The second kappa shape index (κ2) is 9.32. The normalized spacial score (nSPS) is 12.0.